The minimum Gasteiger partial charge on any atom is -0.492 e. The summed E-state index contributed by atoms with van der Waals surface area (Å²) in [4.78, 5) is 14.1. The molecule has 0 radical (unpaired) electrons. The standard InChI is InChI=1S/C22H29N3O3/c23-20-10-13-25(14-11-20)16-18-6-8-21(9-7-18)27-15-12-24-22(26)28-17-19-4-2-1-3-5-19/h1-9,20H,10-17,23H2,(H,24,26). The molecule has 150 valence electrons. The molecule has 1 aliphatic heterocycles. The average Bonchev–Trinajstić information content (AvgIpc) is 2.73. The van der Waals surface area contributed by atoms with Gasteiger partial charge in [0.25, 0.3) is 0 Å². The third-order valence-electron chi connectivity index (χ3n) is 4.81. The summed E-state index contributed by atoms with van der Waals surface area (Å²) in [6.45, 7) is 4.11. The third kappa shape index (κ3) is 6.87. The maximum atomic E-state index is 11.7. The van der Waals surface area contributed by atoms with Gasteiger partial charge in [-0.2, -0.15) is 0 Å². The molecule has 0 spiro atoms. The van der Waals surface area contributed by atoms with Gasteiger partial charge in [0.1, 0.15) is 19.0 Å². The van der Waals surface area contributed by atoms with E-state index in [2.05, 4.69) is 22.3 Å². The van der Waals surface area contributed by atoms with Gasteiger partial charge >= 0.3 is 6.09 Å². The summed E-state index contributed by atoms with van der Waals surface area (Å²) >= 11 is 0. The number of carbonyl (C=O) groups is 1. The van der Waals surface area contributed by atoms with Crippen molar-refractivity contribution in [3.63, 3.8) is 0 Å². The van der Waals surface area contributed by atoms with Gasteiger partial charge in [-0.1, -0.05) is 42.5 Å². The Morgan fingerprint density at radius 3 is 2.46 bits per heavy atom. The fraction of sp³-hybridized carbons (Fsp3) is 0.409. The molecule has 1 saturated heterocycles. The molecule has 3 rings (SSSR count). The molecule has 0 bridgehead atoms. The van der Waals surface area contributed by atoms with Crippen LogP contribution < -0.4 is 15.8 Å². The Labute approximate surface area is 166 Å². The van der Waals surface area contributed by atoms with Crippen LogP contribution in [0.15, 0.2) is 54.6 Å². The zero-order chi connectivity index (χ0) is 19.6. The van der Waals surface area contributed by atoms with Crippen LogP contribution in [0.3, 0.4) is 0 Å². The van der Waals surface area contributed by atoms with Crippen LogP contribution in [0, 0.1) is 0 Å². The van der Waals surface area contributed by atoms with Crippen LogP contribution in [-0.2, 0) is 17.9 Å². The van der Waals surface area contributed by atoms with Gasteiger partial charge in [0.15, 0.2) is 0 Å². The van der Waals surface area contributed by atoms with Gasteiger partial charge in [-0.25, -0.2) is 4.79 Å². The first kappa shape index (κ1) is 20.2. The van der Waals surface area contributed by atoms with Gasteiger partial charge in [0, 0.05) is 12.6 Å². The van der Waals surface area contributed by atoms with Gasteiger partial charge in [-0.15, -0.1) is 0 Å². The second-order valence-electron chi connectivity index (χ2n) is 7.09. The van der Waals surface area contributed by atoms with Crippen LogP contribution in [0.2, 0.25) is 0 Å². The van der Waals surface area contributed by atoms with E-state index >= 15 is 0 Å². The van der Waals surface area contributed by atoms with Gasteiger partial charge in [0.05, 0.1) is 6.54 Å². The van der Waals surface area contributed by atoms with Gasteiger partial charge in [-0.05, 0) is 49.2 Å². The van der Waals surface area contributed by atoms with E-state index < -0.39 is 6.09 Å². The number of alkyl carbamates (subject to hydrolysis) is 1. The first-order chi connectivity index (χ1) is 13.7. The van der Waals surface area contributed by atoms with Crippen LogP contribution in [0.5, 0.6) is 5.75 Å². The van der Waals surface area contributed by atoms with E-state index in [4.69, 9.17) is 15.2 Å². The van der Waals surface area contributed by atoms with E-state index in [0.717, 1.165) is 43.8 Å². The van der Waals surface area contributed by atoms with Crippen molar-refractivity contribution >= 4 is 6.09 Å². The minimum absolute atomic E-state index is 0.262. The summed E-state index contributed by atoms with van der Waals surface area (Å²) in [7, 11) is 0. The molecule has 2 aromatic rings. The Bertz CT molecular complexity index is 714. The predicted octanol–water partition coefficient (Wildman–Crippen LogP) is 2.91. The van der Waals surface area contributed by atoms with E-state index in [1.807, 2.05) is 42.5 Å². The van der Waals surface area contributed by atoms with Crippen molar-refractivity contribution in [1.29, 1.82) is 0 Å². The number of rotatable bonds is 8. The van der Waals surface area contributed by atoms with Crippen molar-refractivity contribution in [2.75, 3.05) is 26.2 Å². The maximum Gasteiger partial charge on any atom is 0.407 e. The van der Waals surface area contributed by atoms with E-state index in [-0.39, 0.29) is 6.61 Å². The predicted molar refractivity (Wildman–Crippen MR) is 109 cm³/mol. The molecule has 2 aromatic carbocycles. The normalized spacial score (nSPS) is 15.2. The minimum atomic E-state index is -0.441. The number of benzene rings is 2. The highest BCUT2D eigenvalue weighted by Gasteiger charge is 2.15. The number of hydrogen-bond acceptors (Lipinski definition) is 5. The number of nitrogens with one attached hydrogen (secondary N) is 1. The number of piperidine rings is 1. The molecule has 6 heteroatoms. The summed E-state index contributed by atoms with van der Waals surface area (Å²) in [5.41, 5.74) is 8.18. The van der Waals surface area contributed by atoms with Gasteiger partial charge < -0.3 is 20.5 Å². The van der Waals surface area contributed by atoms with E-state index in [1.165, 1.54) is 5.56 Å². The molecule has 0 aliphatic carbocycles. The quantitative estimate of drug-likeness (QED) is 0.686. The van der Waals surface area contributed by atoms with Crippen molar-refractivity contribution in [2.24, 2.45) is 5.73 Å². The number of carbonyl (C=O) groups excluding carboxylic acids is 1. The van der Waals surface area contributed by atoms with Crippen LogP contribution in [0.25, 0.3) is 0 Å². The van der Waals surface area contributed by atoms with E-state index in [9.17, 15) is 4.79 Å². The molecule has 0 atom stereocenters. The molecular weight excluding hydrogens is 354 g/mol. The average molecular weight is 383 g/mol. The smallest absolute Gasteiger partial charge is 0.407 e. The van der Waals surface area contributed by atoms with Crippen molar-refractivity contribution in [1.82, 2.24) is 10.2 Å². The highest BCUT2D eigenvalue weighted by atomic mass is 16.5. The summed E-state index contributed by atoms with van der Waals surface area (Å²) in [6, 6.07) is 18.1. The molecule has 3 N–H and O–H groups in total. The number of nitrogens with two attached hydrogens (primary N) is 1. The zero-order valence-corrected chi connectivity index (χ0v) is 16.2. The van der Waals surface area contributed by atoms with Crippen molar-refractivity contribution in [3.05, 3.63) is 65.7 Å². The number of likely N-dealkylation sites (tertiary alicyclic amines) is 1. The lowest BCUT2D eigenvalue weighted by atomic mass is 10.1. The summed E-state index contributed by atoms with van der Waals surface area (Å²) < 4.78 is 10.8. The monoisotopic (exact) mass is 383 g/mol. The second kappa shape index (κ2) is 10.7. The Hall–Kier alpha value is -2.57. The van der Waals surface area contributed by atoms with Gasteiger partial charge in [0.2, 0.25) is 0 Å². The lowest BCUT2D eigenvalue weighted by molar-refractivity contribution is 0.137. The summed E-state index contributed by atoms with van der Waals surface area (Å²) in [5.74, 6) is 0.795. The number of ether oxygens (including phenoxy) is 2. The molecule has 1 fully saturated rings. The Balaban J connectivity index is 1.30. The van der Waals surface area contributed by atoms with Crippen molar-refractivity contribution < 1.29 is 14.3 Å². The molecular formula is C22H29N3O3. The second-order valence-corrected chi connectivity index (χ2v) is 7.09. The fourth-order valence-corrected chi connectivity index (χ4v) is 3.16. The lowest BCUT2D eigenvalue weighted by Crippen LogP contribution is -2.39. The molecule has 28 heavy (non-hydrogen) atoms. The summed E-state index contributed by atoms with van der Waals surface area (Å²) in [6.07, 6.45) is 1.70. The topological polar surface area (TPSA) is 76.8 Å². The van der Waals surface area contributed by atoms with Crippen LogP contribution in [0.1, 0.15) is 24.0 Å². The molecule has 0 saturated carbocycles. The Morgan fingerprint density at radius 2 is 1.75 bits per heavy atom. The van der Waals surface area contributed by atoms with Crippen molar-refractivity contribution in [2.45, 2.75) is 32.0 Å². The lowest BCUT2D eigenvalue weighted by Gasteiger charge is -2.30. The Kier molecular flexibility index (Phi) is 7.70. The third-order valence-corrected chi connectivity index (χ3v) is 4.81. The SMILES string of the molecule is NC1CCN(Cc2ccc(OCCNC(=O)OCc3ccccc3)cc2)CC1. The number of nitrogens with zero attached hydrogens (tertiary/aromatic N) is 1. The molecule has 1 aliphatic rings. The molecule has 1 amide bonds. The zero-order valence-electron chi connectivity index (χ0n) is 16.2. The molecule has 0 aromatic heterocycles. The van der Waals surface area contributed by atoms with E-state index in [1.54, 1.807) is 0 Å². The van der Waals surface area contributed by atoms with Crippen LogP contribution >= 0.6 is 0 Å². The van der Waals surface area contributed by atoms with Crippen LogP contribution in [0.4, 0.5) is 4.79 Å². The first-order valence-electron chi connectivity index (χ1n) is 9.83. The van der Waals surface area contributed by atoms with Gasteiger partial charge in [-0.3, -0.25) is 4.90 Å². The molecule has 6 nitrogen and oxygen atoms in total. The molecule has 0 unspecified atom stereocenters. The summed E-state index contributed by atoms with van der Waals surface area (Å²) in [5, 5.41) is 2.69. The highest BCUT2D eigenvalue weighted by molar-refractivity contribution is 5.67. The van der Waals surface area contributed by atoms with E-state index in [0.29, 0.717) is 19.2 Å². The van der Waals surface area contributed by atoms with Crippen LogP contribution in [-0.4, -0.2) is 43.3 Å². The Morgan fingerprint density at radius 1 is 1.04 bits per heavy atom. The number of amides is 1. The fourth-order valence-electron chi connectivity index (χ4n) is 3.16. The maximum absolute atomic E-state index is 11.7. The highest BCUT2D eigenvalue weighted by Crippen LogP contribution is 2.16. The number of hydrogen-bond donors (Lipinski definition) is 2. The largest absolute Gasteiger partial charge is 0.492 e. The first-order valence-corrected chi connectivity index (χ1v) is 9.83. The van der Waals surface area contributed by atoms with Crippen molar-refractivity contribution in [3.8, 4) is 5.75 Å². The molecule has 1 heterocycles.